The lowest BCUT2D eigenvalue weighted by Crippen LogP contribution is -2.49. The predicted molar refractivity (Wildman–Crippen MR) is 106 cm³/mol. The molecule has 0 spiro atoms. The fraction of sp³-hybridized carbons (Fsp3) is 0.652. The fourth-order valence-electron chi connectivity index (χ4n) is 5.58. The lowest BCUT2D eigenvalue weighted by Gasteiger charge is -2.35. The van der Waals surface area contributed by atoms with Crippen LogP contribution in [-0.2, 0) is 9.59 Å². The molecule has 146 valence electrons. The van der Waals surface area contributed by atoms with E-state index < -0.39 is 0 Å². The van der Waals surface area contributed by atoms with Crippen molar-refractivity contribution in [1.82, 2.24) is 10.2 Å². The summed E-state index contributed by atoms with van der Waals surface area (Å²) in [7, 11) is 0. The van der Waals surface area contributed by atoms with Crippen LogP contribution in [0.5, 0.6) is 0 Å². The first-order valence-corrected chi connectivity index (χ1v) is 10.8. The Labute approximate surface area is 162 Å². The minimum Gasteiger partial charge on any atom is -0.353 e. The Morgan fingerprint density at radius 1 is 1.07 bits per heavy atom. The second kappa shape index (κ2) is 8.04. The monoisotopic (exact) mass is 368 g/mol. The average Bonchev–Trinajstić information content (AvgIpc) is 3.33. The summed E-state index contributed by atoms with van der Waals surface area (Å²) >= 11 is 0. The van der Waals surface area contributed by atoms with Crippen LogP contribution in [0.15, 0.2) is 30.3 Å². The molecule has 4 nitrogen and oxygen atoms in total. The van der Waals surface area contributed by atoms with Crippen molar-refractivity contribution in [3.05, 3.63) is 35.9 Å². The second-order valence-corrected chi connectivity index (χ2v) is 8.76. The van der Waals surface area contributed by atoms with Gasteiger partial charge >= 0.3 is 0 Å². The van der Waals surface area contributed by atoms with Crippen LogP contribution in [0.2, 0.25) is 0 Å². The van der Waals surface area contributed by atoms with Crippen molar-refractivity contribution in [1.29, 1.82) is 0 Å². The van der Waals surface area contributed by atoms with E-state index in [4.69, 9.17) is 0 Å². The minimum absolute atomic E-state index is 0.0496. The predicted octanol–water partition coefficient (Wildman–Crippen LogP) is 3.72. The van der Waals surface area contributed by atoms with E-state index in [0.717, 1.165) is 50.3 Å². The van der Waals surface area contributed by atoms with E-state index in [-0.39, 0.29) is 29.7 Å². The number of rotatable bonds is 5. The summed E-state index contributed by atoms with van der Waals surface area (Å²) < 4.78 is 0. The second-order valence-electron chi connectivity index (χ2n) is 8.76. The first-order valence-electron chi connectivity index (χ1n) is 10.8. The molecular weight excluding hydrogens is 336 g/mol. The van der Waals surface area contributed by atoms with Gasteiger partial charge in [0, 0.05) is 25.0 Å². The number of nitrogens with zero attached hydrogens (tertiary/aromatic N) is 1. The maximum Gasteiger partial charge on any atom is 0.230 e. The van der Waals surface area contributed by atoms with Crippen molar-refractivity contribution in [2.45, 2.75) is 63.8 Å². The number of benzene rings is 1. The molecule has 2 aliphatic carbocycles. The summed E-state index contributed by atoms with van der Waals surface area (Å²) in [4.78, 5) is 27.7. The van der Waals surface area contributed by atoms with Gasteiger partial charge in [0.2, 0.25) is 11.8 Å². The summed E-state index contributed by atoms with van der Waals surface area (Å²) in [6.45, 7) is 3.59. The largest absolute Gasteiger partial charge is 0.353 e. The molecule has 2 saturated carbocycles. The molecule has 3 fully saturated rings. The zero-order chi connectivity index (χ0) is 18.8. The lowest BCUT2D eigenvalue weighted by molar-refractivity contribution is -0.134. The third-order valence-electron chi connectivity index (χ3n) is 7.14. The van der Waals surface area contributed by atoms with Gasteiger partial charge in [-0.2, -0.15) is 0 Å². The van der Waals surface area contributed by atoms with Gasteiger partial charge < -0.3 is 10.2 Å². The number of amides is 2. The molecule has 2 bridgehead atoms. The van der Waals surface area contributed by atoms with E-state index in [0.29, 0.717) is 5.92 Å². The molecule has 1 N–H and O–H groups in total. The summed E-state index contributed by atoms with van der Waals surface area (Å²) in [5.41, 5.74) is 1.11. The number of likely N-dealkylation sites (tertiary alicyclic amines) is 1. The van der Waals surface area contributed by atoms with Gasteiger partial charge in [-0.05, 0) is 55.9 Å². The molecule has 0 aromatic heterocycles. The molecular formula is C23H32N2O2. The number of fused-ring (bicyclic) bond motifs is 2. The zero-order valence-electron chi connectivity index (χ0n) is 16.4. The van der Waals surface area contributed by atoms with E-state index in [9.17, 15) is 9.59 Å². The maximum atomic E-state index is 13.0. The van der Waals surface area contributed by atoms with E-state index in [1.165, 1.54) is 19.3 Å². The maximum absolute atomic E-state index is 13.0. The van der Waals surface area contributed by atoms with Crippen molar-refractivity contribution >= 4 is 11.8 Å². The van der Waals surface area contributed by atoms with E-state index in [2.05, 4.69) is 12.2 Å². The number of hydrogen-bond donors (Lipinski definition) is 1. The molecule has 1 aliphatic heterocycles. The summed E-state index contributed by atoms with van der Waals surface area (Å²) in [5, 5.41) is 3.30. The SMILES string of the molecule is CC[C@@H](C(=O)N1CCC(NC(=O)[C@@H]2C[C@H]3CC[C@H]2C3)CC1)c1ccccc1. The highest BCUT2D eigenvalue weighted by atomic mass is 16.2. The van der Waals surface area contributed by atoms with Gasteiger partial charge in [0.1, 0.15) is 0 Å². The van der Waals surface area contributed by atoms with Crippen LogP contribution < -0.4 is 5.32 Å². The fourth-order valence-corrected chi connectivity index (χ4v) is 5.58. The Bertz CT molecular complexity index is 666. The third-order valence-corrected chi connectivity index (χ3v) is 7.14. The highest BCUT2D eigenvalue weighted by molar-refractivity contribution is 5.84. The van der Waals surface area contributed by atoms with Crippen molar-refractivity contribution < 1.29 is 9.59 Å². The molecule has 1 aromatic carbocycles. The number of carbonyl (C=O) groups excluding carboxylic acids is 2. The van der Waals surface area contributed by atoms with Crippen molar-refractivity contribution in [2.75, 3.05) is 13.1 Å². The van der Waals surface area contributed by atoms with Gasteiger partial charge in [0.25, 0.3) is 0 Å². The van der Waals surface area contributed by atoms with Gasteiger partial charge in [-0.25, -0.2) is 0 Å². The van der Waals surface area contributed by atoms with Crippen molar-refractivity contribution in [2.24, 2.45) is 17.8 Å². The lowest BCUT2D eigenvalue weighted by atomic mass is 9.87. The molecule has 4 heteroatoms. The Kier molecular flexibility index (Phi) is 5.51. The number of nitrogens with one attached hydrogen (secondary N) is 1. The van der Waals surface area contributed by atoms with E-state index >= 15 is 0 Å². The number of carbonyl (C=O) groups is 2. The average molecular weight is 369 g/mol. The molecule has 0 radical (unpaired) electrons. The smallest absolute Gasteiger partial charge is 0.230 e. The highest BCUT2D eigenvalue weighted by Crippen LogP contribution is 2.48. The van der Waals surface area contributed by atoms with E-state index in [1.54, 1.807) is 0 Å². The molecule has 4 atom stereocenters. The summed E-state index contributed by atoms with van der Waals surface area (Å²) in [5.74, 6) is 2.16. The molecule has 27 heavy (non-hydrogen) atoms. The van der Waals surface area contributed by atoms with Gasteiger partial charge in [-0.3, -0.25) is 9.59 Å². The Morgan fingerprint density at radius 3 is 2.41 bits per heavy atom. The van der Waals surface area contributed by atoms with Gasteiger partial charge in [0.15, 0.2) is 0 Å². The van der Waals surface area contributed by atoms with Gasteiger partial charge in [0.05, 0.1) is 5.92 Å². The molecule has 0 unspecified atom stereocenters. The van der Waals surface area contributed by atoms with Crippen LogP contribution in [0.1, 0.15) is 63.4 Å². The van der Waals surface area contributed by atoms with Crippen LogP contribution in [0.4, 0.5) is 0 Å². The molecule has 1 saturated heterocycles. The van der Waals surface area contributed by atoms with E-state index in [1.807, 2.05) is 35.2 Å². The van der Waals surface area contributed by atoms with Gasteiger partial charge in [-0.1, -0.05) is 43.7 Å². The minimum atomic E-state index is -0.0496. The van der Waals surface area contributed by atoms with Crippen LogP contribution in [0, 0.1) is 17.8 Å². The Morgan fingerprint density at radius 2 is 1.81 bits per heavy atom. The van der Waals surface area contributed by atoms with Gasteiger partial charge in [-0.15, -0.1) is 0 Å². The molecule has 2 amide bonds. The molecule has 3 aliphatic rings. The Hall–Kier alpha value is -1.84. The van der Waals surface area contributed by atoms with Crippen LogP contribution >= 0.6 is 0 Å². The first-order chi connectivity index (χ1) is 13.2. The molecule has 1 aromatic rings. The normalized spacial score (nSPS) is 28.9. The highest BCUT2D eigenvalue weighted by Gasteiger charge is 2.43. The molecule has 1 heterocycles. The van der Waals surface area contributed by atoms with Crippen molar-refractivity contribution in [3.63, 3.8) is 0 Å². The topological polar surface area (TPSA) is 49.4 Å². The first kappa shape index (κ1) is 18.5. The van der Waals surface area contributed by atoms with Crippen molar-refractivity contribution in [3.8, 4) is 0 Å². The number of piperidine rings is 1. The number of hydrogen-bond acceptors (Lipinski definition) is 2. The Balaban J connectivity index is 1.28. The standard InChI is InChI=1S/C23H32N2O2/c1-2-20(17-6-4-3-5-7-17)23(27)25-12-10-19(11-13-25)24-22(26)21-15-16-8-9-18(21)14-16/h3-7,16,18-21H,2,8-15H2,1H3,(H,24,26)/t16-,18-,20+,21+/m0/s1. The summed E-state index contributed by atoms with van der Waals surface area (Å²) in [6, 6.07) is 10.3. The quantitative estimate of drug-likeness (QED) is 0.861. The zero-order valence-corrected chi connectivity index (χ0v) is 16.4. The molecule has 4 rings (SSSR count). The summed E-state index contributed by atoms with van der Waals surface area (Å²) in [6.07, 6.45) is 7.52. The van der Waals surface area contributed by atoms with Crippen LogP contribution in [0.25, 0.3) is 0 Å². The third kappa shape index (κ3) is 3.90. The van der Waals surface area contributed by atoms with Crippen LogP contribution in [0.3, 0.4) is 0 Å². The van der Waals surface area contributed by atoms with Crippen LogP contribution in [-0.4, -0.2) is 35.8 Å².